The minimum Gasteiger partial charge on any atom is -0.356 e. The molecule has 0 aliphatic carbocycles. The lowest BCUT2D eigenvalue weighted by atomic mass is 10.1. The number of piperidine rings is 1. The Balaban J connectivity index is 1.83. The molecule has 0 bridgehead atoms. The van der Waals surface area contributed by atoms with Gasteiger partial charge < -0.3 is 4.90 Å². The molecule has 2 fully saturated rings. The van der Waals surface area contributed by atoms with Gasteiger partial charge in [0.15, 0.2) is 0 Å². The van der Waals surface area contributed by atoms with Crippen molar-refractivity contribution >= 4 is 51.7 Å². The molecule has 2 aromatic heterocycles. The lowest BCUT2D eigenvalue weighted by molar-refractivity contribution is -0.122. The Bertz CT molecular complexity index is 1090. The van der Waals surface area contributed by atoms with Crippen LogP contribution in [-0.2, 0) is 4.79 Å². The van der Waals surface area contributed by atoms with Gasteiger partial charge in [-0.05, 0) is 50.3 Å². The first-order valence-corrected chi connectivity index (χ1v) is 11.8. The van der Waals surface area contributed by atoms with Crippen molar-refractivity contribution in [2.45, 2.75) is 46.0 Å². The number of unbranched alkanes of at least 4 members (excludes halogenated alkanes) is 1. The fourth-order valence-electron chi connectivity index (χ4n) is 3.86. The second-order valence-electron chi connectivity index (χ2n) is 7.82. The van der Waals surface area contributed by atoms with Gasteiger partial charge in [0.25, 0.3) is 11.5 Å². The van der Waals surface area contributed by atoms with Crippen molar-refractivity contribution in [3.8, 4) is 0 Å². The minimum atomic E-state index is -0.150. The first-order chi connectivity index (χ1) is 14.5. The average Bonchev–Trinajstić information content (AvgIpc) is 3.02. The summed E-state index contributed by atoms with van der Waals surface area (Å²) in [4.78, 5) is 35.6. The van der Waals surface area contributed by atoms with E-state index in [0.29, 0.717) is 32.8 Å². The largest absolute Gasteiger partial charge is 0.356 e. The normalized spacial score (nSPS) is 18.8. The zero-order valence-electron chi connectivity index (χ0n) is 17.4. The third-order valence-electron chi connectivity index (χ3n) is 5.53. The number of thiocarbonyl (C=S) groups is 1. The average molecular weight is 443 g/mol. The zero-order chi connectivity index (χ0) is 21.3. The minimum absolute atomic E-state index is 0.114. The Morgan fingerprint density at radius 2 is 1.97 bits per heavy atom. The topological polar surface area (TPSA) is 57.9 Å². The molecule has 2 aromatic rings. The highest BCUT2D eigenvalue weighted by molar-refractivity contribution is 8.26. The van der Waals surface area contributed by atoms with Gasteiger partial charge in [0.2, 0.25) is 0 Å². The van der Waals surface area contributed by atoms with Crippen LogP contribution in [0.4, 0.5) is 5.82 Å². The quantitative estimate of drug-likeness (QED) is 0.515. The molecule has 4 heterocycles. The van der Waals surface area contributed by atoms with Gasteiger partial charge in [0.1, 0.15) is 15.8 Å². The lowest BCUT2D eigenvalue weighted by Gasteiger charge is -2.29. The van der Waals surface area contributed by atoms with Crippen molar-refractivity contribution in [3.63, 3.8) is 0 Å². The zero-order valence-corrected chi connectivity index (χ0v) is 19.0. The van der Waals surface area contributed by atoms with Gasteiger partial charge in [-0.3, -0.25) is 18.9 Å². The predicted octanol–water partition coefficient (Wildman–Crippen LogP) is 3.99. The molecule has 158 valence electrons. The number of nitrogens with zero attached hydrogens (tertiary/aromatic N) is 4. The molecule has 0 N–H and O–H groups in total. The van der Waals surface area contributed by atoms with Crippen LogP contribution in [0.1, 0.15) is 50.2 Å². The fraction of sp³-hybridized carbons (Fsp3) is 0.455. The van der Waals surface area contributed by atoms with E-state index in [1.807, 2.05) is 19.1 Å². The van der Waals surface area contributed by atoms with E-state index in [0.717, 1.165) is 44.3 Å². The third-order valence-corrected chi connectivity index (χ3v) is 6.90. The summed E-state index contributed by atoms with van der Waals surface area (Å²) in [6.07, 6.45) is 8.74. The second-order valence-corrected chi connectivity index (χ2v) is 9.50. The van der Waals surface area contributed by atoms with Crippen molar-refractivity contribution in [2.75, 3.05) is 24.5 Å². The van der Waals surface area contributed by atoms with Gasteiger partial charge in [0, 0.05) is 25.8 Å². The van der Waals surface area contributed by atoms with Crippen LogP contribution >= 0.6 is 24.0 Å². The summed E-state index contributed by atoms with van der Waals surface area (Å²) in [7, 11) is 0. The second kappa shape index (κ2) is 8.89. The van der Waals surface area contributed by atoms with E-state index in [4.69, 9.17) is 17.2 Å². The van der Waals surface area contributed by atoms with E-state index in [9.17, 15) is 9.59 Å². The molecular weight excluding hydrogens is 416 g/mol. The third kappa shape index (κ3) is 4.03. The predicted molar refractivity (Wildman–Crippen MR) is 127 cm³/mol. The van der Waals surface area contributed by atoms with Crippen molar-refractivity contribution in [1.29, 1.82) is 0 Å². The molecule has 4 rings (SSSR count). The highest BCUT2D eigenvalue weighted by Gasteiger charge is 2.32. The molecule has 0 atom stereocenters. The number of carbonyl (C=O) groups is 1. The fourth-order valence-corrected chi connectivity index (χ4v) is 5.15. The lowest BCUT2D eigenvalue weighted by Crippen LogP contribution is -2.33. The summed E-state index contributed by atoms with van der Waals surface area (Å²) in [5, 5.41) is 0. The van der Waals surface area contributed by atoms with Crippen LogP contribution in [-0.4, -0.2) is 44.1 Å². The van der Waals surface area contributed by atoms with Crippen LogP contribution in [0, 0.1) is 6.92 Å². The highest BCUT2D eigenvalue weighted by Crippen LogP contribution is 2.34. The molecule has 0 aromatic carbocycles. The molecule has 0 radical (unpaired) electrons. The molecule has 8 heteroatoms. The maximum atomic E-state index is 13.5. The number of carbonyl (C=O) groups excluding carboxylic acids is 1. The van der Waals surface area contributed by atoms with E-state index in [-0.39, 0.29) is 11.5 Å². The monoisotopic (exact) mass is 442 g/mol. The van der Waals surface area contributed by atoms with Crippen molar-refractivity contribution in [3.05, 3.63) is 44.7 Å². The Hall–Kier alpha value is -2.19. The molecule has 30 heavy (non-hydrogen) atoms. The molecule has 2 aliphatic heterocycles. The van der Waals surface area contributed by atoms with E-state index < -0.39 is 0 Å². The van der Waals surface area contributed by atoms with Crippen LogP contribution in [0.2, 0.25) is 0 Å². The Labute approximate surface area is 186 Å². The number of aromatic nitrogens is 2. The summed E-state index contributed by atoms with van der Waals surface area (Å²) >= 11 is 6.70. The van der Waals surface area contributed by atoms with Gasteiger partial charge in [-0.15, -0.1) is 0 Å². The first kappa shape index (κ1) is 21.1. The van der Waals surface area contributed by atoms with Crippen LogP contribution in [0.3, 0.4) is 0 Å². The molecule has 0 saturated carbocycles. The van der Waals surface area contributed by atoms with Crippen molar-refractivity contribution in [1.82, 2.24) is 14.3 Å². The van der Waals surface area contributed by atoms with Gasteiger partial charge in [-0.1, -0.05) is 43.4 Å². The maximum Gasteiger partial charge on any atom is 0.267 e. The summed E-state index contributed by atoms with van der Waals surface area (Å²) in [5.74, 6) is 0.555. The van der Waals surface area contributed by atoms with Crippen LogP contribution in [0.25, 0.3) is 11.7 Å². The number of amides is 1. The summed E-state index contributed by atoms with van der Waals surface area (Å²) in [6, 6.07) is 3.83. The van der Waals surface area contributed by atoms with Crippen molar-refractivity contribution in [2.24, 2.45) is 0 Å². The summed E-state index contributed by atoms with van der Waals surface area (Å²) in [6.45, 7) is 6.39. The summed E-state index contributed by atoms with van der Waals surface area (Å²) in [5.41, 5.74) is 1.92. The number of rotatable bonds is 5. The number of aryl methyl sites for hydroxylation is 1. The van der Waals surface area contributed by atoms with Crippen LogP contribution < -0.4 is 10.5 Å². The van der Waals surface area contributed by atoms with E-state index >= 15 is 0 Å². The van der Waals surface area contributed by atoms with Crippen LogP contribution in [0.15, 0.2) is 28.0 Å². The van der Waals surface area contributed by atoms with Gasteiger partial charge in [0.05, 0.1) is 10.5 Å². The summed E-state index contributed by atoms with van der Waals surface area (Å²) < 4.78 is 2.14. The molecule has 0 unspecified atom stereocenters. The molecule has 0 spiro atoms. The van der Waals surface area contributed by atoms with Crippen molar-refractivity contribution < 1.29 is 4.79 Å². The smallest absolute Gasteiger partial charge is 0.267 e. The van der Waals surface area contributed by atoms with E-state index in [1.165, 1.54) is 18.2 Å². The molecule has 2 saturated heterocycles. The number of hydrogen-bond donors (Lipinski definition) is 0. The number of anilines is 1. The van der Waals surface area contributed by atoms with Gasteiger partial charge >= 0.3 is 0 Å². The SMILES string of the molecule is CCCCN1C(=O)C(=Cc2c(N3CCCCC3)nc3ccc(C)cn3c2=O)SC1=S. The Morgan fingerprint density at radius 1 is 1.20 bits per heavy atom. The molecule has 1 amide bonds. The first-order valence-electron chi connectivity index (χ1n) is 10.5. The molecule has 2 aliphatic rings. The number of thioether (sulfide) groups is 1. The molecule has 6 nitrogen and oxygen atoms in total. The van der Waals surface area contributed by atoms with Crippen LogP contribution in [0.5, 0.6) is 0 Å². The number of hydrogen-bond acceptors (Lipinski definition) is 6. The number of fused-ring (bicyclic) bond motifs is 1. The Kier molecular flexibility index (Phi) is 6.24. The van der Waals surface area contributed by atoms with E-state index in [1.54, 1.807) is 21.6 Å². The molecular formula is C22H26N4O2S2. The number of pyridine rings is 1. The maximum absolute atomic E-state index is 13.5. The van der Waals surface area contributed by atoms with Gasteiger partial charge in [-0.2, -0.15) is 0 Å². The van der Waals surface area contributed by atoms with Gasteiger partial charge in [-0.25, -0.2) is 4.98 Å². The van der Waals surface area contributed by atoms with E-state index in [2.05, 4.69) is 11.8 Å². The highest BCUT2D eigenvalue weighted by atomic mass is 32.2. The standard InChI is InChI=1S/C22H26N4O2S2/c1-3-4-12-25-21(28)17(30-22(25)29)13-16-19(24-10-6-5-7-11-24)23-18-9-8-15(2)14-26(18)20(16)27/h8-9,13-14H,3-7,10-12H2,1-2H3. The Morgan fingerprint density at radius 3 is 2.70 bits per heavy atom.